The first kappa shape index (κ1) is 18.5. The Balaban J connectivity index is 2.05. The lowest BCUT2D eigenvalue weighted by Crippen LogP contribution is -2.22. The van der Waals surface area contributed by atoms with Gasteiger partial charge in [-0.3, -0.25) is 9.36 Å². The molecule has 0 aliphatic carbocycles. The molecule has 4 aromatic rings. The molecule has 0 radical (unpaired) electrons. The highest BCUT2D eigenvalue weighted by atomic mass is 79.9. The number of rotatable bonds is 3. The number of hydrogen-bond acceptors (Lipinski definition) is 4. The van der Waals surface area contributed by atoms with Gasteiger partial charge in [-0.1, -0.05) is 46.3 Å². The first-order valence-electron chi connectivity index (χ1n) is 8.25. The van der Waals surface area contributed by atoms with Crippen LogP contribution in [0.1, 0.15) is 0 Å². The number of halogens is 1. The first-order valence-corrected chi connectivity index (χ1v) is 10.6. The summed E-state index contributed by atoms with van der Waals surface area (Å²) in [7, 11) is -3.82. The van der Waals surface area contributed by atoms with Crippen LogP contribution in [0.2, 0.25) is 0 Å². The van der Waals surface area contributed by atoms with Crippen molar-refractivity contribution < 1.29 is 8.42 Å². The molecule has 140 valence electrons. The number of fused-ring (bicyclic) bond motifs is 1. The van der Waals surface area contributed by atoms with Crippen molar-refractivity contribution in [3.63, 3.8) is 0 Å². The predicted octanol–water partition coefficient (Wildman–Crippen LogP) is 3.46. The van der Waals surface area contributed by atoms with E-state index in [0.29, 0.717) is 22.4 Å². The maximum absolute atomic E-state index is 13.3. The molecule has 0 spiro atoms. The number of nitrogens with two attached hydrogens (primary N) is 1. The van der Waals surface area contributed by atoms with Gasteiger partial charge in [0.05, 0.1) is 21.5 Å². The van der Waals surface area contributed by atoms with E-state index in [1.165, 1.54) is 16.7 Å². The van der Waals surface area contributed by atoms with Crippen molar-refractivity contribution in [3.05, 3.63) is 87.6 Å². The molecule has 8 heteroatoms. The molecule has 0 saturated carbocycles. The van der Waals surface area contributed by atoms with Crippen LogP contribution in [0.15, 0.2) is 87.0 Å². The van der Waals surface area contributed by atoms with Crippen LogP contribution >= 0.6 is 15.9 Å². The fourth-order valence-corrected chi connectivity index (χ4v) is 3.84. The number of primary sulfonamides is 1. The molecule has 3 aromatic carbocycles. The predicted molar refractivity (Wildman–Crippen MR) is 112 cm³/mol. The molecule has 1 aromatic heterocycles. The average Bonchev–Trinajstić information content (AvgIpc) is 2.68. The quantitative estimate of drug-likeness (QED) is 0.511. The van der Waals surface area contributed by atoms with Crippen molar-refractivity contribution in [2.24, 2.45) is 5.14 Å². The van der Waals surface area contributed by atoms with E-state index in [4.69, 9.17) is 10.1 Å². The fraction of sp³-hybridized carbons (Fsp3) is 0. The van der Waals surface area contributed by atoms with Gasteiger partial charge >= 0.3 is 0 Å². The minimum absolute atomic E-state index is 0.0259. The molecular weight excluding hydrogens is 442 g/mol. The van der Waals surface area contributed by atoms with Crippen LogP contribution in [0.3, 0.4) is 0 Å². The second-order valence-corrected chi connectivity index (χ2v) is 8.62. The van der Waals surface area contributed by atoms with Crippen LogP contribution < -0.4 is 10.7 Å². The van der Waals surface area contributed by atoms with Gasteiger partial charge in [0.15, 0.2) is 0 Å². The van der Waals surface area contributed by atoms with Crippen molar-refractivity contribution in [1.29, 1.82) is 0 Å². The maximum atomic E-state index is 13.3. The Morgan fingerprint density at radius 1 is 0.929 bits per heavy atom. The highest BCUT2D eigenvalue weighted by Gasteiger charge is 2.16. The fourth-order valence-electron chi connectivity index (χ4n) is 2.96. The van der Waals surface area contributed by atoms with Gasteiger partial charge in [0.2, 0.25) is 10.0 Å². The normalized spacial score (nSPS) is 11.6. The number of sulfonamides is 1. The summed E-state index contributed by atoms with van der Waals surface area (Å²) in [4.78, 5) is 18.0. The molecular formula is C20H14BrN3O3S. The van der Waals surface area contributed by atoms with Crippen LogP contribution in [-0.2, 0) is 10.0 Å². The number of hydrogen-bond donors (Lipinski definition) is 1. The monoisotopic (exact) mass is 455 g/mol. The highest BCUT2D eigenvalue weighted by Crippen LogP contribution is 2.24. The Hall–Kier alpha value is -2.81. The molecule has 0 amide bonds. The highest BCUT2D eigenvalue weighted by molar-refractivity contribution is 9.10. The number of benzene rings is 3. The van der Waals surface area contributed by atoms with Crippen LogP contribution in [0, 0.1) is 0 Å². The molecule has 0 atom stereocenters. The van der Waals surface area contributed by atoms with E-state index < -0.39 is 10.0 Å². The minimum atomic E-state index is -3.82. The summed E-state index contributed by atoms with van der Waals surface area (Å²) in [5, 5.41) is 5.62. The van der Waals surface area contributed by atoms with E-state index in [9.17, 15) is 13.2 Å². The van der Waals surface area contributed by atoms with E-state index >= 15 is 0 Å². The zero-order valence-electron chi connectivity index (χ0n) is 14.4. The van der Waals surface area contributed by atoms with E-state index in [1.807, 2.05) is 36.4 Å². The lowest BCUT2D eigenvalue weighted by Gasteiger charge is -2.14. The Labute approximate surface area is 169 Å². The van der Waals surface area contributed by atoms with Gasteiger partial charge in [-0.05, 0) is 42.5 Å². The lowest BCUT2D eigenvalue weighted by molar-refractivity contribution is 0.598. The first-order chi connectivity index (χ1) is 13.3. The van der Waals surface area contributed by atoms with Gasteiger partial charge in [-0.15, -0.1) is 0 Å². The summed E-state index contributed by atoms with van der Waals surface area (Å²) in [5.74, 6) is 0.462. The van der Waals surface area contributed by atoms with Crippen LogP contribution in [0.5, 0.6) is 0 Å². The van der Waals surface area contributed by atoms with Gasteiger partial charge in [-0.25, -0.2) is 18.5 Å². The second-order valence-electron chi connectivity index (χ2n) is 6.14. The molecule has 0 unspecified atom stereocenters. The van der Waals surface area contributed by atoms with Gasteiger partial charge in [0.25, 0.3) is 5.56 Å². The standard InChI is InChI=1S/C20H14BrN3O3S/c21-14-6-11-18-17(12-14)20(25)24(19(23-18)13-4-2-1-3-5-13)15-7-9-16(10-8-15)28(22,26)27/h1-12H,(H2,22,26,27). The van der Waals surface area contributed by atoms with Gasteiger partial charge in [-0.2, -0.15) is 0 Å². The molecule has 0 fully saturated rings. The van der Waals surface area contributed by atoms with E-state index in [1.54, 1.807) is 24.3 Å². The van der Waals surface area contributed by atoms with E-state index in [2.05, 4.69) is 15.9 Å². The van der Waals surface area contributed by atoms with Crippen LogP contribution in [0.4, 0.5) is 0 Å². The summed E-state index contributed by atoms with van der Waals surface area (Å²) in [6.45, 7) is 0. The second kappa shape index (κ2) is 6.97. The summed E-state index contributed by atoms with van der Waals surface area (Å²) in [6, 6.07) is 20.5. The van der Waals surface area contributed by atoms with Crippen molar-refractivity contribution >= 4 is 36.9 Å². The molecule has 6 nitrogen and oxygen atoms in total. The Kier molecular flexibility index (Phi) is 4.62. The van der Waals surface area contributed by atoms with Gasteiger partial charge in [0, 0.05) is 10.0 Å². The SMILES string of the molecule is NS(=O)(=O)c1ccc(-n2c(-c3ccccc3)nc3ccc(Br)cc3c2=O)cc1. The minimum Gasteiger partial charge on any atom is -0.268 e. The van der Waals surface area contributed by atoms with Crippen molar-refractivity contribution in [2.75, 3.05) is 0 Å². The van der Waals surface area contributed by atoms with Crippen molar-refractivity contribution in [2.45, 2.75) is 4.90 Å². The molecule has 0 aliphatic rings. The van der Waals surface area contributed by atoms with Gasteiger partial charge in [0.1, 0.15) is 5.82 Å². The molecule has 0 bridgehead atoms. The molecule has 2 N–H and O–H groups in total. The topological polar surface area (TPSA) is 95.1 Å². The third-order valence-electron chi connectivity index (χ3n) is 4.29. The Morgan fingerprint density at radius 3 is 2.25 bits per heavy atom. The Morgan fingerprint density at radius 2 is 1.61 bits per heavy atom. The Bertz CT molecular complexity index is 1350. The molecule has 0 aliphatic heterocycles. The largest absolute Gasteiger partial charge is 0.268 e. The summed E-state index contributed by atoms with van der Waals surface area (Å²) in [5.41, 5.74) is 1.57. The van der Waals surface area contributed by atoms with Crippen molar-refractivity contribution in [1.82, 2.24) is 9.55 Å². The maximum Gasteiger partial charge on any atom is 0.266 e. The summed E-state index contributed by atoms with van der Waals surface area (Å²) >= 11 is 3.39. The molecule has 4 rings (SSSR count). The zero-order valence-corrected chi connectivity index (χ0v) is 16.8. The lowest BCUT2D eigenvalue weighted by atomic mass is 10.1. The summed E-state index contributed by atoms with van der Waals surface area (Å²) < 4.78 is 25.3. The van der Waals surface area contributed by atoms with Crippen LogP contribution in [-0.4, -0.2) is 18.0 Å². The van der Waals surface area contributed by atoms with E-state index in [0.717, 1.165) is 10.0 Å². The summed E-state index contributed by atoms with van der Waals surface area (Å²) in [6.07, 6.45) is 0. The van der Waals surface area contributed by atoms with Crippen LogP contribution in [0.25, 0.3) is 28.0 Å². The molecule has 28 heavy (non-hydrogen) atoms. The third-order valence-corrected chi connectivity index (χ3v) is 5.71. The third kappa shape index (κ3) is 3.37. The van der Waals surface area contributed by atoms with E-state index in [-0.39, 0.29) is 10.5 Å². The molecule has 0 saturated heterocycles. The van der Waals surface area contributed by atoms with Gasteiger partial charge < -0.3 is 0 Å². The smallest absolute Gasteiger partial charge is 0.266 e. The average molecular weight is 456 g/mol. The zero-order chi connectivity index (χ0) is 19.9. The molecule has 1 heterocycles. The number of aromatic nitrogens is 2. The van der Waals surface area contributed by atoms with Crippen molar-refractivity contribution in [3.8, 4) is 17.1 Å². The number of nitrogens with zero attached hydrogens (tertiary/aromatic N) is 2.